The van der Waals surface area contributed by atoms with Crippen molar-refractivity contribution in [3.8, 4) is 0 Å². The van der Waals surface area contributed by atoms with Crippen LogP contribution in [0, 0.1) is 11.3 Å². The summed E-state index contributed by atoms with van der Waals surface area (Å²) in [7, 11) is 0. The van der Waals surface area contributed by atoms with E-state index in [-0.39, 0.29) is 23.3 Å². The van der Waals surface area contributed by atoms with Gasteiger partial charge < -0.3 is 9.88 Å². The first-order chi connectivity index (χ1) is 7.97. The summed E-state index contributed by atoms with van der Waals surface area (Å²) >= 11 is 0. The van der Waals surface area contributed by atoms with Crippen molar-refractivity contribution in [1.29, 1.82) is 0 Å². The Balaban J connectivity index is 2.00. The van der Waals surface area contributed by atoms with Gasteiger partial charge in [0, 0.05) is 24.9 Å². The lowest BCUT2D eigenvalue weighted by atomic mass is 9.86. The molecule has 0 radical (unpaired) electrons. The number of rotatable bonds is 4. The van der Waals surface area contributed by atoms with Crippen LogP contribution in [0.2, 0.25) is 0 Å². The van der Waals surface area contributed by atoms with Crippen LogP contribution in [-0.4, -0.2) is 21.5 Å². The average Bonchev–Trinajstić information content (AvgIpc) is 2.96. The van der Waals surface area contributed by atoms with E-state index in [1.165, 1.54) is 0 Å². The van der Waals surface area contributed by atoms with Crippen LogP contribution >= 0.6 is 0 Å². The molecule has 0 saturated heterocycles. The highest BCUT2D eigenvalue weighted by atomic mass is 16.2. The van der Waals surface area contributed by atoms with Gasteiger partial charge in [-0.3, -0.25) is 4.79 Å². The van der Waals surface area contributed by atoms with Gasteiger partial charge >= 0.3 is 0 Å². The SMILES string of the molecule is CC(C)(C)C(Cn1ccnc1)NC(=O)C1CC1. The van der Waals surface area contributed by atoms with E-state index in [1.54, 1.807) is 12.5 Å². The lowest BCUT2D eigenvalue weighted by Gasteiger charge is -2.31. The molecule has 1 heterocycles. The summed E-state index contributed by atoms with van der Waals surface area (Å²) in [5, 5.41) is 3.17. The number of hydrogen-bond acceptors (Lipinski definition) is 2. The van der Waals surface area contributed by atoms with Gasteiger partial charge in [-0.1, -0.05) is 20.8 Å². The van der Waals surface area contributed by atoms with Gasteiger partial charge in [0.25, 0.3) is 0 Å². The summed E-state index contributed by atoms with van der Waals surface area (Å²) < 4.78 is 2.02. The minimum atomic E-state index is 0.0504. The zero-order valence-corrected chi connectivity index (χ0v) is 10.8. The van der Waals surface area contributed by atoms with Gasteiger partial charge in [0.2, 0.25) is 5.91 Å². The van der Waals surface area contributed by atoms with Crippen molar-refractivity contribution >= 4 is 5.91 Å². The minimum absolute atomic E-state index is 0.0504. The smallest absolute Gasteiger partial charge is 0.223 e. The monoisotopic (exact) mass is 235 g/mol. The zero-order chi connectivity index (χ0) is 12.5. The maximum Gasteiger partial charge on any atom is 0.223 e. The van der Waals surface area contributed by atoms with E-state index < -0.39 is 0 Å². The van der Waals surface area contributed by atoms with Crippen LogP contribution in [-0.2, 0) is 11.3 Å². The van der Waals surface area contributed by atoms with Crippen LogP contribution in [0.3, 0.4) is 0 Å². The molecule has 2 rings (SSSR count). The number of nitrogens with one attached hydrogen (secondary N) is 1. The fourth-order valence-electron chi connectivity index (χ4n) is 1.78. The molecule has 1 atom stereocenters. The average molecular weight is 235 g/mol. The topological polar surface area (TPSA) is 46.9 Å². The number of nitrogens with zero attached hydrogens (tertiary/aromatic N) is 2. The van der Waals surface area contributed by atoms with Gasteiger partial charge in [-0.25, -0.2) is 4.98 Å². The van der Waals surface area contributed by atoms with Crippen molar-refractivity contribution in [2.24, 2.45) is 11.3 Å². The molecule has 1 aromatic rings. The van der Waals surface area contributed by atoms with Gasteiger partial charge in [0.05, 0.1) is 12.4 Å². The fourth-order valence-corrected chi connectivity index (χ4v) is 1.78. The van der Waals surface area contributed by atoms with Crippen LogP contribution in [0.15, 0.2) is 18.7 Å². The Morgan fingerprint density at radius 1 is 1.53 bits per heavy atom. The van der Waals surface area contributed by atoms with E-state index in [0.717, 1.165) is 19.4 Å². The minimum Gasteiger partial charge on any atom is -0.351 e. The fraction of sp³-hybridized carbons (Fsp3) is 0.692. The molecule has 4 nitrogen and oxygen atoms in total. The number of amides is 1. The molecule has 1 amide bonds. The quantitative estimate of drug-likeness (QED) is 0.865. The van der Waals surface area contributed by atoms with Crippen molar-refractivity contribution in [2.45, 2.75) is 46.2 Å². The number of aromatic nitrogens is 2. The molecular weight excluding hydrogens is 214 g/mol. The number of carbonyl (C=O) groups is 1. The van der Waals surface area contributed by atoms with E-state index in [9.17, 15) is 4.79 Å². The van der Waals surface area contributed by atoms with E-state index in [1.807, 2.05) is 10.8 Å². The van der Waals surface area contributed by atoms with Gasteiger partial charge in [-0.15, -0.1) is 0 Å². The van der Waals surface area contributed by atoms with Gasteiger partial charge in [0.1, 0.15) is 0 Å². The summed E-state index contributed by atoms with van der Waals surface area (Å²) in [4.78, 5) is 15.9. The van der Waals surface area contributed by atoms with Crippen LogP contribution in [0.25, 0.3) is 0 Å². The highest BCUT2D eigenvalue weighted by Gasteiger charge is 2.34. The maximum atomic E-state index is 11.9. The van der Waals surface area contributed by atoms with Crippen molar-refractivity contribution in [3.63, 3.8) is 0 Å². The van der Waals surface area contributed by atoms with Crippen LogP contribution in [0.5, 0.6) is 0 Å². The standard InChI is InChI=1S/C13H21N3O/c1-13(2,3)11(8-16-7-6-14-9-16)15-12(17)10-4-5-10/h6-7,9-11H,4-5,8H2,1-3H3,(H,15,17). The first-order valence-corrected chi connectivity index (χ1v) is 6.23. The Bertz CT molecular complexity index is 374. The molecule has 4 heteroatoms. The van der Waals surface area contributed by atoms with E-state index in [4.69, 9.17) is 0 Å². The molecular formula is C13H21N3O. The van der Waals surface area contributed by atoms with Crippen LogP contribution in [0.4, 0.5) is 0 Å². The Kier molecular flexibility index (Phi) is 3.22. The molecule has 1 N–H and O–H groups in total. The van der Waals surface area contributed by atoms with Crippen molar-refractivity contribution < 1.29 is 4.79 Å². The third kappa shape index (κ3) is 3.32. The molecule has 17 heavy (non-hydrogen) atoms. The summed E-state index contributed by atoms with van der Waals surface area (Å²) in [6.45, 7) is 7.24. The van der Waals surface area contributed by atoms with E-state index >= 15 is 0 Å². The molecule has 0 spiro atoms. The van der Waals surface area contributed by atoms with Crippen LogP contribution in [0.1, 0.15) is 33.6 Å². The number of carbonyl (C=O) groups excluding carboxylic acids is 1. The summed E-state index contributed by atoms with van der Waals surface area (Å²) in [5.41, 5.74) is 0.0504. The number of imidazole rings is 1. The molecule has 0 bridgehead atoms. The first kappa shape index (κ1) is 12.1. The molecule has 1 aromatic heterocycles. The molecule has 1 aliphatic carbocycles. The summed E-state index contributed by atoms with van der Waals surface area (Å²) in [6.07, 6.45) is 7.59. The predicted octanol–water partition coefficient (Wildman–Crippen LogP) is 1.82. The van der Waals surface area contributed by atoms with Crippen molar-refractivity contribution in [2.75, 3.05) is 0 Å². The number of hydrogen-bond donors (Lipinski definition) is 1. The first-order valence-electron chi connectivity index (χ1n) is 6.23. The van der Waals surface area contributed by atoms with Gasteiger partial charge in [-0.05, 0) is 18.3 Å². The maximum absolute atomic E-state index is 11.9. The Morgan fingerprint density at radius 3 is 2.71 bits per heavy atom. The highest BCUT2D eigenvalue weighted by Crippen LogP contribution is 2.30. The third-order valence-corrected chi connectivity index (χ3v) is 3.26. The highest BCUT2D eigenvalue weighted by molar-refractivity contribution is 5.81. The summed E-state index contributed by atoms with van der Waals surface area (Å²) in [5.74, 6) is 0.479. The van der Waals surface area contributed by atoms with Crippen molar-refractivity contribution in [3.05, 3.63) is 18.7 Å². The molecule has 0 aliphatic heterocycles. The van der Waals surface area contributed by atoms with Crippen LogP contribution < -0.4 is 5.32 Å². The summed E-state index contributed by atoms with van der Waals surface area (Å²) in [6, 6.07) is 0.143. The molecule has 94 valence electrons. The van der Waals surface area contributed by atoms with Crippen molar-refractivity contribution in [1.82, 2.24) is 14.9 Å². The zero-order valence-electron chi connectivity index (χ0n) is 10.8. The molecule has 1 saturated carbocycles. The predicted molar refractivity (Wildman–Crippen MR) is 66.3 cm³/mol. The molecule has 1 fully saturated rings. The lowest BCUT2D eigenvalue weighted by molar-refractivity contribution is -0.123. The largest absolute Gasteiger partial charge is 0.351 e. The van der Waals surface area contributed by atoms with E-state index in [2.05, 4.69) is 31.1 Å². The normalized spacial score (nSPS) is 17.8. The Morgan fingerprint density at radius 2 is 2.24 bits per heavy atom. The Labute approximate surface area is 102 Å². The second-order valence-electron chi connectivity index (χ2n) is 5.96. The third-order valence-electron chi connectivity index (χ3n) is 3.26. The molecule has 1 aliphatic rings. The Hall–Kier alpha value is -1.32. The van der Waals surface area contributed by atoms with Gasteiger partial charge in [0.15, 0.2) is 0 Å². The lowest BCUT2D eigenvalue weighted by Crippen LogP contribution is -2.46. The second kappa shape index (κ2) is 4.51. The van der Waals surface area contributed by atoms with E-state index in [0.29, 0.717) is 0 Å². The molecule has 0 aromatic carbocycles. The van der Waals surface area contributed by atoms with Gasteiger partial charge in [-0.2, -0.15) is 0 Å². The molecule has 1 unspecified atom stereocenters. The second-order valence-corrected chi connectivity index (χ2v) is 5.96.